The Morgan fingerprint density at radius 1 is 0.657 bits per heavy atom. The van der Waals surface area contributed by atoms with Crippen LogP contribution < -0.4 is 9.47 Å². The van der Waals surface area contributed by atoms with Gasteiger partial charge in [-0.15, -0.1) is 0 Å². The molecule has 0 aliphatic carbocycles. The van der Waals surface area contributed by atoms with E-state index in [-0.39, 0.29) is 23.3 Å². The zero-order chi connectivity index (χ0) is 24.6. The molecule has 35 heavy (non-hydrogen) atoms. The molecule has 0 radical (unpaired) electrons. The first kappa shape index (κ1) is 24.8. The molecule has 11 heteroatoms. The number of benzene rings is 2. The van der Waals surface area contributed by atoms with E-state index in [2.05, 4.69) is 9.97 Å². The van der Waals surface area contributed by atoms with E-state index < -0.39 is 41.2 Å². The van der Waals surface area contributed by atoms with Gasteiger partial charge < -0.3 is 0 Å². The van der Waals surface area contributed by atoms with Gasteiger partial charge in [-0.05, 0) is 0 Å². The van der Waals surface area contributed by atoms with Crippen LogP contribution in [0.3, 0.4) is 0 Å². The molecule has 0 atom stereocenters. The number of ether oxygens (including phenoxy) is 2. The third-order valence-electron chi connectivity index (χ3n) is 4.93. The minimum atomic E-state index is -3.40. The molecule has 0 aliphatic heterocycles. The van der Waals surface area contributed by atoms with Gasteiger partial charge in [0.1, 0.15) is 0 Å². The average molecular weight is 594 g/mol. The molecule has 0 N–H and O–H groups in total. The van der Waals surface area contributed by atoms with E-state index in [1.165, 1.54) is 0 Å². The van der Waals surface area contributed by atoms with E-state index in [0.29, 0.717) is 22.5 Å². The first-order valence-electron chi connectivity index (χ1n) is 10.8. The Hall–Kier alpha value is -3.31. The number of hydrogen-bond donors (Lipinski definition) is 0. The van der Waals surface area contributed by atoms with Gasteiger partial charge in [0.2, 0.25) is 0 Å². The van der Waals surface area contributed by atoms with Crippen LogP contribution in [0.2, 0.25) is 10.5 Å². The fourth-order valence-electron chi connectivity index (χ4n) is 3.30. The molecular weight excluding hydrogens is 573 g/mol. The van der Waals surface area contributed by atoms with Crippen LogP contribution in [0.5, 0.6) is 11.5 Å². The van der Waals surface area contributed by atoms with Crippen molar-refractivity contribution in [2.45, 2.75) is 23.3 Å². The Morgan fingerprint density at radius 2 is 1.09 bits per heavy atom. The third kappa shape index (κ3) is 6.86. The Kier molecular flexibility index (Phi) is 8.43. The van der Waals surface area contributed by atoms with Crippen molar-refractivity contribution in [3.05, 3.63) is 73.1 Å². The Morgan fingerprint density at radius 3 is 1.54 bits per heavy atom. The van der Waals surface area contributed by atoms with Gasteiger partial charge in [-0.1, -0.05) is 0 Å². The molecule has 0 aliphatic rings. The normalized spacial score (nSPS) is 10.6. The SMILES string of the molecule is O=C(C[CH2][Ge](=[O])[O][Ge](=[O])[CH2]CC(=O)Oc1cccc2cccnc12)Oc1cccc2cccnc12. The minimum absolute atomic E-state index is 0.0398. The zero-order valence-electron chi connectivity index (χ0n) is 18.5. The van der Waals surface area contributed by atoms with E-state index in [4.69, 9.17) is 12.3 Å². The van der Waals surface area contributed by atoms with Crippen molar-refractivity contribution in [2.24, 2.45) is 0 Å². The number of pyridine rings is 2. The van der Waals surface area contributed by atoms with E-state index in [0.717, 1.165) is 10.8 Å². The van der Waals surface area contributed by atoms with Crippen LogP contribution in [0, 0.1) is 0 Å². The second-order valence-corrected chi connectivity index (χ2v) is 15.3. The molecule has 4 rings (SSSR count). The summed E-state index contributed by atoms with van der Waals surface area (Å²) < 4.78 is 40.3. The monoisotopic (exact) mass is 596 g/mol. The van der Waals surface area contributed by atoms with Crippen molar-refractivity contribution >= 4 is 63.0 Å². The van der Waals surface area contributed by atoms with Gasteiger partial charge in [-0.3, -0.25) is 0 Å². The summed E-state index contributed by atoms with van der Waals surface area (Å²) in [6, 6.07) is 17.7. The quantitative estimate of drug-likeness (QED) is 0.153. The molecule has 2 aromatic carbocycles. The number of nitrogens with zero attached hydrogens (tertiary/aromatic N) is 2. The molecule has 2 heterocycles. The predicted octanol–water partition coefficient (Wildman–Crippen LogP) is 3.93. The van der Waals surface area contributed by atoms with Gasteiger partial charge in [0, 0.05) is 0 Å². The van der Waals surface area contributed by atoms with E-state index in [9.17, 15) is 17.1 Å². The van der Waals surface area contributed by atoms with Gasteiger partial charge in [0.05, 0.1) is 0 Å². The van der Waals surface area contributed by atoms with E-state index >= 15 is 0 Å². The van der Waals surface area contributed by atoms with Gasteiger partial charge in [-0.2, -0.15) is 0 Å². The Balaban J connectivity index is 1.20. The second kappa shape index (κ2) is 11.9. The standard InChI is InChI=1S/C24H20Ge2N2O7/c29-21(33-19-9-1-5-17-7-3-15-27-23(17)19)11-13-25(31)35-26(32)14-12-22(30)34-20-10-2-6-18-8-4-16-28-24(18)20/h1-10,15-16H,11-14H2. The van der Waals surface area contributed by atoms with Crippen molar-refractivity contribution in [3.63, 3.8) is 0 Å². The molecule has 176 valence electrons. The van der Waals surface area contributed by atoms with Crippen molar-refractivity contribution in [1.82, 2.24) is 9.97 Å². The number of carbonyl (C=O) groups is 2. The molecule has 0 saturated heterocycles. The summed E-state index contributed by atoms with van der Waals surface area (Å²) in [5.74, 6) is -0.515. The van der Waals surface area contributed by atoms with Crippen LogP contribution in [0.15, 0.2) is 73.1 Å². The van der Waals surface area contributed by atoms with Gasteiger partial charge in [0.25, 0.3) is 0 Å². The molecule has 9 nitrogen and oxygen atoms in total. The summed E-state index contributed by atoms with van der Waals surface area (Å²) in [7, 11) is 0. The zero-order valence-corrected chi connectivity index (χ0v) is 22.7. The molecule has 0 spiro atoms. The third-order valence-corrected chi connectivity index (χ3v) is 13.6. The number of carbonyl (C=O) groups excluding carboxylic acids is 2. The Labute approximate surface area is 209 Å². The molecule has 0 saturated carbocycles. The first-order chi connectivity index (χ1) is 17.0. The summed E-state index contributed by atoms with van der Waals surface area (Å²) in [6.45, 7) is 0. The van der Waals surface area contributed by atoms with Gasteiger partial charge in [-0.25, -0.2) is 0 Å². The number of esters is 2. The fourth-order valence-corrected chi connectivity index (χ4v) is 11.0. The maximum atomic E-state index is 12.2. The molecule has 4 aromatic rings. The van der Waals surface area contributed by atoms with Crippen molar-refractivity contribution in [1.29, 1.82) is 0 Å². The molecule has 0 unspecified atom stereocenters. The number of fused-ring (bicyclic) bond motifs is 2. The van der Waals surface area contributed by atoms with Crippen LogP contribution in [0.4, 0.5) is 0 Å². The Bertz CT molecular complexity index is 1310. The predicted molar refractivity (Wildman–Crippen MR) is 128 cm³/mol. The van der Waals surface area contributed by atoms with Crippen molar-refractivity contribution in [2.75, 3.05) is 0 Å². The van der Waals surface area contributed by atoms with Crippen LogP contribution in [-0.4, -0.2) is 51.1 Å². The summed E-state index contributed by atoms with van der Waals surface area (Å²) in [4.78, 5) is 32.8. The summed E-state index contributed by atoms with van der Waals surface area (Å²) >= 11 is -6.79. The summed E-state index contributed by atoms with van der Waals surface area (Å²) in [5.41, 5.74) is 1.11. The number of aromatic nitrogens is 2. The van der Waals surface area contributed by atoms with Crippen LogP contribution >= 0.6 is 0 Å². The van der Waals surface area contributed by atoms with Crippen molar-refractivity contribution in [3.8, 4) is 11.5 Å². The fraction of sp³-hybridized carbons (Fsp3) is 0.167. The number of hydrogen-bond acceptors (Lipinski definition) is 9. The van der Waals surface area contributed by atoms with E-state index in [1.54, 1.807) is 48.8 Å². The van der Waals surface area contributed by atoms with E-state index in [1.807, 2.05) is 24.3 Å². The summed E-state index contributed by atoms with van der Waals surface area (Å²) in [5, 5.41) is 1.58. The number of rotatable bonds is 10. The molecule has 0 fully saturated rings. The number of para-hydroxylation sites is 2. The molecule has 2 aromatic heterocycles. The summed E-state index contributed by atoms with van der Waals surface area (Å²) in [6.07, 6.45) is 2.93. The van der Waals surface area contributed by atoms with Gasteiger partial charge in [0.15, 0.2) is 0 Å². The van der Waals surface area contributed by atoms with Crippen LogP contribution in [0.25, 0.3) is 21.8 Å². The average Bonchev–Trinajstić information content (AvgIpc) is 2.87. The van der Waals surface area contributed by atoms with Gasteiger partial charge >= 0.3 is 210 Å². The van der Waals surface area contributed by atoms with Crippen LogP contribution in [0.1, 0.15) is 12.8 Å². The maximum absolute atomic E-state index is 12.2. The van der Waals surface area contributed by atoms with Crippen molar-refractivity contribution < 1.29 is 29.4 Å². The molecular formula is C24H20Ge2N2O7. The molecule has 0 bridgehead atoms. The second-order valence-electron chi connectivity index (χ2n) is 7.46. The van der Waals surface area contributed by atoms with Crippen LogP contribution in [-0.2, 0) is 19.9 Å². The molecule has 0 amide bonds. The first-order valence-corrected chi connectivity index (χ1v) is 17.2. The topological polar surface area (TPSA) is 122 Å².